The van der Waals surface area contributed by atoms with E-state index in [1.54, 1.807) is 23.9 Å². The molecule has 0 unspecified atom stereocenters. The van der Waals surface area contributed by atoms with Crippen LogP contribution in [0.2, 0.25) is 0 Å². The molecule has 3 rings (SSSR count). The molecule has 160 valence electrons. The zero-order valence-corrected chi connectivity index (χ0v) is 19.6. The fourth-order valence-corrected chi connectivity index (χ4v) is 5.50. The number of thiazole rings is 1. The number of nitrogens with zero attached hydrogens (tertiary/aromatic N) is 2. The predicted octanol–water partition coefficient (Wildman–Crippen LogP) is 3.67. The van der Waals surface area contributed by atoms with Gasteiger partial charge in [-0.05, 0) is 50.4 Å². The number of carbonyl (C=O) groups is 1. The van der Waals surface area contributed by atoms with Crippen molar-refractivity contribution in [1.29, 1.82) is 0 Å². The van der Waals surface area contributed by atoms with Gasteiger partial charge < -0.3 is 9.30 Å². The molecule has 0 radical (unpaired) electrons. The number of amides is 1. The molecule has 0 atom stereocenters. The van der Waals surface area contributed by atoms with Crippen LogP contribution in [0.25, 0.3) is 10.2 Å². The minimum Gasteiger partial charge on any atom is -0.494 e. The van der Waals surface area contributed by atoms with Crippen LogP contribution in [-0.2, 0) is 21.2 Å². The van der Waals surface area contributed by atoms with Crippen molar-refractivity contribution in [2.45, 2.75) is 25.3 Å². The van der Waals surface area contributed by atoms with Crippen LogP contribution in [0.5, 0.6) is 5.75 Å². The highest BCUT2D eigenvalue weighted by Gasteiger charge is 2.19. The summed E-state index contributed by atoms with van der Waals surface area (Å²) < 4.78 is 33.6. The molecule has 1 amide bonds. The number of sulfone groups is 1. The van der Waals surface area contributed by atoms with Gasteiger partial charge in [0.25, 0.3) is 5.91 Å². The topological polar surface area (TPSA) is 77.7 Å². The second-order valence-electron chi connectivity index (χ2n) is 6.67. The van der Waals surface area contributed by atoms with Gasteiger partial charge >= 0.3 is 0 Å². The molecule has 0 aliphatic carbocycles. The molecule has 0 fully saturated rings. The third-order valence-electron chi connectivity index (χ3n) is 4.40. The molecule has 3 aromatic rings. The summed E-state index contributed by atoms with van der Waals surface area (Å²) in [6.45, 7) is 5.04. The average Bonchev–Trinajstić information content (AvgIpc) is 3.02. The van der Waals surface area contributed by atoms with Gasteiger partial charge in [-0.2, -0.15) is 16.8 Å². The Labute approximate surface area is 184 Å². The van der Waals surface area contributed by atoms with Crippen LogP contribution < -0.4 is 9.54 Å². The van der Waals surface area contributed by atoms with Crippen molar-refractivity contribution in [2.75, 3.05) is 24.4 Å². The van der Waals surface area contributed by atoms with E-state index >= 15 is 0 Å². The molecule has 1 heterocycles. The van der Waals surface area contributed by atoms with Crippen LogP contribution in [0.1, 0.15) is 12.5 Å². The number of hydrogen-bond acceptors (Lipinski definition) is 6. The van der Waals surface area contributed by atoms with E-state index in [4.69, 9.17) is 4.74 Å². The number of aromatic nitrogens is 1. The van der Waals surface area contributed by atoms with Crippen LogP contribution >= 0.6 is 23.1 Å². The molecule has 0 bridgehead atoms. The minimum atomic E-state index is -3.74. The third kappa shape index (κ3) is 5.33. The van der Waals surface area contributed by atoms with Crippen molar-refractivity contribution < 1.29 is 17.9 Å². The maximum Gasteiger partial charge on any atom is 0.263 e. The fraction of sp³-hybridized carbons (Fsp3) is 0.333. The lowest BCUT2D eigenvalue weighted by molar-refractivity contribution is -0.115. The first-order chi connectivity index (χ1) is 14.3. The van der Waals surface area contributed by atoms with Gasteiger partial charge in [-0.15, -0.1) is 0 Å². The Bertz CT molecular complexity index is 1210. The number of fused-ring (bicyclic) bond motifs is 1. The van der Waals surface area contributed by atoms with Crippen molar-refractivity contribution in [1.82, 2.24) is 4.57 Å². The number of rotatable bonds is 8. The lowest BCUT2D eigenvalue weighted by Gasteiger charge is -2.06. The normalized spacial score (nSPS) is 12.4. The Balaban J connectivity index is 1.96. The summed E-state index contributed by atoms with van der Waals surface area (Å²) in [5.74, 6) is 0.271. The van der Waals surface area contributed by atoms with Crippen molar-refractivity contribution in [3.8, 4) is 5.75 Å². The summed E-state index contributed by atoms with van der Waals surface area (Å²) in [7, 11) is -3.74. The van der Waals surface area contributed by atoms with E-state index in [-0.39, 0.29) is 4.90 Å². The molecule has 0 aliphatic rings. The SMILES string of the molecule is CCOc1ccc2c(c1)sc(=NC(=O)CS(=O)(=O)c1ccc(C)cc1)n2CCSC. The number of hydrogen-bond donors (Lipinski definition) is 0. The van der Waals surface area contributed by atoms with Crippen molar-refractivity contribution in [3.05, 3.63) is 52.8 Å². The van der Waals surface area contributed by atoms with Crippen LogP contribution in [-0.4, -0.2) is 43.3 Å². The Morgan fingerprint density at radius 3 is 2.60 bits per heavy atom. The predicted molar refractivity (Wildman–Crippen MR) is 123 cm³/mol. The molecule has 0 spiro atoms. The molecule has 6 nitrogen and oxygen atoms in total. The second kappa shape index (κ2) is 9.80. The average molecular weight is 465 g/mol. The Kier molecular flexibility index (Phi) is 7.38. The van der Waals surface area contributed by atoms with Crippen molar-refractivity contribution >= 4 is 49.1 Å². The molecule has 0 saturated carbocycles. The van der Waals surface area contributed by atoms with E-state index in [9.17, 15) is 13.2 Å². The largest absolute Gasteiger partial charge is 0.494 e. The first kappa shape index (κ1) is 22.6. The molecular weight excluding hydrogens is 440 g/mol. The summed E-state index contributed by atoms with van der Waals surface area (Å²) in [6.07, 6.45) is 2.01. The maximum absolute atomic E-state index is 12.6. The molecule has 1 aromatic heterocycles. The van der Waals surface area contributed by atoms with E-state index in [1.165, 1.54) is 23.5 Å². The van der Waals surface area contributed by atoms with Gasteiger partial charge in [0.05, 0.1) is 21.7 Å². The first-order valence-electron chi connectivity index (χ1n) is 9.46. The Morgan fingerprint density at radius 1 is 1.20 bits per heavy atom. The van der Waals surface area contributed by atoms with Gasteiger partial charge in [-0.25, -0.2) is 8.42 Å². The summed E-state index contributed by atoms with van der Waals surface area (Å²) in [5, 5.41) is 0. The van der Waals surface area contributed by atoms with Crippen LogP contribution in [0.15, 0.2) is 52.4 Å². The molecule has 9 heteroatoms. The first-order valence-corrected chi connectivity index (χ1v) is 13.3. The van der Waals surface area contributed by atoms with Crippen molar-refractivity contribution in [3.63, 3.8) is 0 Å². The van der Waals surface area contributed by atoms with Gasteiger partial charge in [0, 0.05) is 12.3 Å². The Hall–Kier alpha value is -2.10. The molecule has 30 heavy (non-hydrogen) atoms. The number of thioether (sulfide) groups is 1. The lowest BCUT2D eigenvalue weighted by Crippen LogP contribution is -2.21. The van der Waals surface area contributed by atoms with Gasteiger partial charge in [0.15, 0.2) is 14.6 Å². The summed E-state index contributed by atoms with van der Waals surface area (Å²) >= 11 is 3.05. The lowest BCUT2D eigenvalue weighted by atomic mass is 10.2. The van der Waals surface area contributed by atoms with E-state index < -0.39 is 21.5 Å². The van der Waals surface area contributed by atoms with Gasteiger partial charge in [-0.3, -0.25) is 4.79 Å². The molecule has 2 aromatic carbocycles. The zero-order chi connectivity index (χ0) is 21.7. The minimum absolute atomic E-state index is 0.129. The number of ether oxygens (including phenoxy) is 1. The maximum atomic E-state index is 12.6. The highest BCUT2D eigenvalue weighted by Crippen LogP contribution is 2.24. The standard InChI is InChI=1S/C21H24N2O4S3/c1-4-27-16-7-10-18-19(13-16)29-21(23(18)11-12-28-3)22-20(24)14-30(25,26)17-8-5-15(2)6-9-17/h5-10,13H,4,11-12,14H2,1-3H3. The third-order valence-corrected chi connectivity index (χ3v) is 7.65. The summed E-state index contributed by atoms with van der Waals surface area (Å²) in [4.78, 5) is 17.4. The van der Waals surface area contributed by atoms with E-state index in [2.05, 4.69) is 4.99 Å². The molecular formula is C21H24N2O4S3. The highest BCUT2D eigenvalue weighted by molar-refractivity contribution is 7.98. The molecule has 0 saturated heterocycles. The second-order valence-corrected chi connectivity index (χ2v) is 10.7. The van der Waals surface area contributed by atoms with Crippen molar-refractivity contribution in [2.24, 2.45) is 4.99 Å². The van der Waals surface area contributed by atoms with Crippen LogP contribution in [0.4, 0.5) is 0 Å². The van der Waals surface area contributed by atoms with Gasteiger partial charge in [-0.1, -0.05) is 29.0 Å². The van der Waals surface area contributed by atoms with Gasteiger partial charge in [0.1, 0.15) is 11.5 Å². The smallest absolute Gasteiger partial charge is 0.263 e. The van der Waals surface area contributed by atoms with Crippen LogP contribution in [0, 0.1) is 6.92 Å². The molecule has 0 N–H and O–H groups in total. The monoisotopic (exact) mass is 464 g/mol. The van der Waals surface area contributed by atoms with Gasteiger partial charge in [0.2, 0.25) is 0 Å². The van der Waals surface area contributed by atoms with E-state index in [0.717, 1.165) is 27.3 Å². The van der Waals surface area contributed by atoms with E-state index in [1.807, 2.05) is 42.9 Å². The van der Waals surface area contributed by atoms with Crippen LogP contribution in [0.3, 0.4) is 0 Å². The fourth-order valence-electron chi connectivity index (χ4n) is 2.92. The summed E-state index contributed by atoms with van der Waals surface area (Å²) in [6, 6.07) is 12.2. The number of aryl methyl sites for hydroxylation is 2. The summed E-state index contributed by atoms with van der Waals surface area (Å²) in [5.41, 5.74) is 1.90. The zero-order valence-electron chi connectivity index (χ0n) is 17.1. The van der Waals surface area contributed by atoms with E-state index in [0.29, 0.717) is 18.0 Å². The quantitative estimate of drug-likeness (QED) is 0.508. The molecule has 0 aliphatic heterocycles. The highest BCUT2D eigenvalue weighted by atomic mass is 32.2. The number of benzene rings is 2. The Morgan fingerprint density at radius 2 is 1.93 bits per heavy atom. The number of carbonyl (C=O) groups excluding carboxylic acids is 1.